The molecule has 2 N–H and O–H groups in total. The summed E-state index contributed by atoms with van der Waals surface area (Å²) >= 11 is 6.95. The Balaban J connectivity index is 2.05. The lowest BCUT2D eigenvalue weighted by Gasteiger charge is -2.32. The Bertz CT molecular complexity index is 1100. The molecule has 4 aromatic rings. The third kappa shape index (κ3) is 3.76. The molecule has 0 amide bonds. The summed E-state index contributed by atoms with van der Waals surface area (Å²) in [5.41, 5.74) is 2.20. The van der Waals surface area contributed by atoms with E-state index in [1.807, 2.05) is 91.0 Å². The molecule has 0 unspecified atom stereocenters. The molecule has 4 heteroatoms. The van der Waals surface area contributed by atoms with Gasteiger partial charge in [0.05, 0.1) is 0 Å². The van der Waals surface area contributed by atoms with E-state index in [9.17, 15) is 10.2 Å². The molecule has 0 saturated carbocycles. The normalized spacial score (nSPS) is 11.4. The van der Waals surface area contributed by atoms with Crippen LogP contribution in [0, 0.1) is 0 Å². The second kappa shape index (κ2) is 8.15. The molecule has 0 aliphatic carbocycles. The molecular formula is C25H18Br2O2. The van der Waals surface area contributed by atoms with Gasteiger partial charge in [0, 0.05) is 20.1 Å². The maximum atomic E-state index is 12.2. The zero-order valence-electron chi connectivity index (χ0n) is 15.4. The molecule has 0 heterocycles. The number of phenols is 1. The van der Waals surface area contributed by atoms with Crippen LogP contribution < -0.4 is 0 Å². The van der Waals surface area contributed by atoms with Crippen LogP contribution in [0.2, 0.25) is 0 Å². The predicted octanol–water partition coefficient (Wildman–Crippen LogP) is 6.87. The highest BCUT2D eigenvalue weighted by atomic mass is 79.9. The first kappa shape index (κ1) is 19.9. The number of aliphatic hydroxyl groups is 1. The van der Waals surface area contributed by atoms with Gasteiger partial charge in [0.25, 0.3) is 0 Å². The van der Waals surface area contributed by atoms with Crippen molar-refractivity contribution in [3.8, 4) is 16.9 Å². The summed E-state index contributed by atoms with van der Waals surface area (Å²) in [7, 11) is 0. The number of benzene rings is 4. The van der Waals surface area contributed by atoms with Crippen molar-refractivity contribution in [2.75, 3.05) is 0 Å². The molecule has 0 radical (unpaired) electrons. The summed E-state index contributed by atoms with van der Waals surface area (Å²) in [6, 6.07) is 30.3. The Labute approximate surface area is 186 Å². The lowest BCUT2D eigenvalue weighted by atomic mass is 9.77. The number of hydrogen-bond donors (Lipinski definition) is 2. The van der Waals surface area contributed by atoms with Crippen LogP contribution >= 0.6 is 31.9 Å². The smallest absolute Gasteiger partial charge is 0.141 e. The van der Waals surface area contributed by atoms with Crippen LogP contribution in [0.3, 0.4) is 0 Å². The lowest BCUT2D eigenvalue weighted by molar-refractivity contribution is 0.126. The quantitative estimate of drug-likeness (QED) is 0.295. The van der Waals surface area contributed by atoms with Crippen molar-refractivity contribution in [3.63, 3.8) is 0 Å². The van der Waals surface area contributed by atoms with Gasteiger partial charge in [-0.05, 0) is 47.0 Å². The van der Waals surface area contributed by atoms with E-state index >= 15 is 0 Å². The lowest BCUT2D eigenvalue weighted by Crippen LogP contribution is -2.29. The second-order valence-electron chi connectivity index (χ2n) is 6.79. The molecular weight excluding hydrogens is 492 g/mol. The van der Waals surface area contributed by atoms with Crippen LogP contribution in [0.25, 0.3) is 11.1 Å². The second-order valence-corrected chi connectivity index (χ2v) is 8.63. The van der Waals surface area contributed by atoms with E-state index < -0.39 is 5.60 Å². The van der Waals surface area contributed by atoms with E-state index in [2.05, 4.69) is 31.9 Å². The molecule has 29 heavy (non-hydrogen) atoms. The highest BCUT2D eigenvalue weighted by Crippen LogP contribution is 2.44. The van der Waals surface area contributed by atoms with Gasteiger partial charge in [-0.3, -0.25) is 0 Å². The first-order valence-corrected chi connectivity index (χ1v) is 10.7. The van der Waals surface area contributed by atoms with Crippen molar-refractivity contribution < 1.29 is 10.2 Å². The van der Waals surface area contributed by atoms with Crippen molar-refractivity contribution in [1.29, 1.82) is 0 Å². The van der Waals surface area contributed by atoms with Gasteiger partial charge < -0.3 is 10.2 Å². The van der Waals surface area contributed by atoms with Crippen LogP contribution in [0.15, 0.2) is 106 Å². The van der Waals surface area contributed by atoms with E-state index in [0.29, 0.717) is 11.1 Å². The highest BCUT2D eigenvalue weighted by Gasteiger charge is 2.36. The SMILES string of the molecule is Oc1cc(Br)ccc1-c1ccc(Br)cc1C(O)(c1ccccc1)c1ccccc1. The molecule has 0 aliphatic rings. The minimum Gasteiger partial charge on any atom is -0.507 e. The van der Waals surface area contributed by atoms with Crippen molar-refractivity contribution in [3.05, 3.63) is 123 Å². The molecule has 0 aliphatic heterocycles. The van der Waals surface area contributed by atoms with Gasteiger partial charge in [-0.15, -0.1) is 0 Å². The van der Waals surface area contributed by atoms with Crippen LogP contribution in [0.5, 0.6) is 5.75 Å². The molecule has 0 saturated heterocycles. The van der Waals surface area contributed by atoms with Gasteiger partial charge in [-0.25, -0.2) is 0 Å². The van der Waals surface area contributed by atoms with Crippen LogP contribution in [-0.4, -0.2) is 10.2 Å². The van der Waals surface area contributed by atoms with E-state index in [1.165, 1.54) is 0 Å². The van der Waals surface area contributed by atoms with Gasteiger partial charge in [0.15, 0.2) is 0 Å². The molecule has 4 aromatic carbocycles. The van der Waals surface area contributed by atoms with E-state index in [1.54, 1.807) is 6.07 Å². The summed E-state index contributed by atoms with van der Waals surface area (Å²) in [5.74, 6) is 0.145. The largest absolute Gasteiger partial charge is 0.507 e. The van der Waals surface area contributed by atoms with E-state index in [-0.39, 0.29) is 5.75 Å². The minimum absolute atomic E-state index is 0.145. The van der Waals surface area contributed by atoms with Crippen LogP contribution in [0.4, 0.5) is 0 Å². The maximum Gasteiger partial charge on any atom is 0.141 e. The average Bonchev–Trinajstić information content (AvgIpc) is 2.75. The molecule has 0 bridgehead atoms. The Morgan fingerprint density at radius 2 is 1.07 bits per heavy atom. The predicted molar refractivity (Wildman–Crippen MR) is 124 cm³/mol. The monoisotopic (exact) mass is 508 g/mol. The summed E-state index contributed by atoms with van der Waals surface area (Å²) in [4.78, 5) is 0. The molecule has 144 valence electrons. The van der Waals surface area contributed by atoms with Gasteiger partial charge in [0.1, 0.15) is 11.4 Å². The van der Waals surface area contributed by atoms with Gasteiger partial charge >= 0.3 is 0 Å². The van der Waals surface area contributed by atoms with Crippen LogP contribution in [-0.2, 0) is 5.60 Å². The minimum atomic E-state index is -1.40. The first-order chi connectivity index (χ1) is 14.0. The zero-order valence-corrected chi connectivity index (χ0v) is 18.6. The van der Waals surface area contributed by atoms with Crippen molar-refractivity contribution >= 4 is 31.9 Å². The summed E-state index contributed by atoms with van der Waals surface area (Å²) in [6.07, 6.45) is 0. The van der Waals surface area contributed by atoms with Crippen molar-refractivity contribution in [2.24, 2.45) is 0 Å². The van der Waals surface area contributed by atoms with Gasteiger partial charge in [-0.2, -0.15) is 0 Å². The summed E-state index contributed by atoms with van der Waals surface area (Å²) < 4.78 is 1.64. The number of hydrogen-bond acceptors (Lipinski definition) is 2. The van der Waals surface area contributed by atoms with Gasteiger partial charge in [-0.1, -0.05) is 98.6 Å². The molecule has 4 rings (SSSR count). The third-order valence-electron chi connectivity index (χ3n) is 5.00. The Morgan fingerprint density at radius 1 is 0.586 bits per heavy atom. The topological polar surface area (TPSA) is 40.5 Å². The standard InChI is InChI=1S/C25H18Br2O2/c26-19-11-13-21(22-14-12-20(27)16-24(22)28)23(15-19)25(29,17-7-3-1-4-8-17)18-9-5-2-6-10-18/h1-16,28-29H. The number of aromatic hydroxyl groups is 1. The number of rotatable bonds is 4. The fraction of sp³-hybridized carbons (Fsp3) is 0.0400. The highest BCUT2D eigenvalue weighted by molar-refractivity contribution is 9.10. The fourth-order valence-corrected chi connectivity index (χ4v) is 4.33. The number of phenolic OH excluding ortho intramolecular Hbond substituents is 1. The van der Waals surface area contributed by atoms with Crippen LogP contribution in [0.1, 0.15) is 16.7 Å². The van der Waals surface area contributed by atoms with Crippen molar-refractivity contribution in [1.82, 2.24) is 0 Å². The molecule has 0 aromatic heterocycles. The van der Waals surface area contributed by atoms with E-state index in [4.69, 9.17) is 0 Å². The zero-order chi connectivity index (χ0) is 20.4. The number of halogens is 2. The summed E-state index contributed by atoms with van der Waals surface area (Å²) in [5, 5.41) is 22.8. The average molecular weight is 510 g/mol. The molecule has 0 atom stereocenters. The Morgan fingerprint density at radius 3 is 1.59 bits per heavy atom. The Hall–Kier alpha value is -2.40. The van der Waals surface area contributed by atoms with Gasteiger partial charge in [0.2, 0.25) is 0 Å². The van der Waals surface area contributed by atoms with Crippen molar-refractivity contribution in [2.45, 2.75) is 5.60 Å². The fourth-order valence-electron chi connectivity index (χ4n) is 3.62. The Kier molecular flexibility index (Phi) is 5.59. The maximum absolute atomic E-state index is 12.2. The van der Waals surface area contributed by atoms with E-state index in [0.717, 1.165) is 25.6 Å². The molecule has 2 nitrogen and oxygen atoms in total. The third-order valence-corrected chi connectivity index (χ3v) is 5.99. The molecule has 0 spiro atoms. The summed E-state index contributed by atoms with van der Waals surface area (Å²) in [6.45, 7) is 0. The molecule has 0 fully saturated rings. The first-order valence-electron chi connectivity index (χ1n) is 9.12.